The van der Waals surface area contributed by atoms with Crippen LogP contribution in [0.4, 0.5) is 26.3 Å². The Labute approximate surface area is 299 Å². The van der Waals surface area contributed by atoms with Gasteiger partial charge in [0.1, 0.15) is 0 Å². The summed E-state index contributed by atoms with van der Waals surface area (Å²) in [4.78, 5) is 13.5. The molecule has 2 saturated heterocycles. The van der Waals surface area contributed by atoms with Crippen LogP contribution < -0.4 is 5.73 Å². The number of rotatable bonds is 12. The van der Waals surface area contributed by atoms with Crippen molar-refractivity contribution in [2.24, 2.45) is 22.6 Å². The van der Waals surface area contributed by atoms with Crippen molar-refractivity contribution in [3.05, 3.63) is 34.9 Å². The van der Waals surface area contributed by atoms with Gasteiger partial charge in [0.15, 0.2) is 11.9 Å². The molecule has 51 heavy (non-hydrogen) atoms. The number of likely N-dealkylation sites (tertiary alicyclic amines) is 1. The van der Waals surface area contributed by atoms with E-state index < -0.39 is 23.5 Å². The summed E-state index contributed by atoms with van der Waals surface area (Å²) < 4.78 is 82.2. The van der Waals surface area contributed by atoms with Crippen molar-refractivity contribution in [1.82, 2.24) is 19.6 Å². The Balaban J connectivity index is 1.24. The highest BCUT2D eigenvalue weighted by molar-refractivity contribution is 5.80. The molecular formula is C38H57F6N7. The molecule has 2 saturated carbocycles. The first-order chi connectivity index (χ1) is 24.3. The molecular weight excluding hydrogens is 668 g/mol. The van der Waals surface area contributed by atoms with Crippen LogP contribution in [0.15, 0.2) is 23.2 Å². The van der Waals surface area contributed by atoms with E-state index in [1.54, 1.807) is 0 Å². The minimum atomic E-state index is -4.89. The van der Waals surface area contributed by atoms with Crippen LogP contribution in [-0.4, -0.2) is 95.0 Å². The zero-order chi connectivity index (χ0) is 36.3. The lowest BCUT2D eigenvalue weighted by molar-refractivity contribution is -0.143. The molecule has 1 aromatic rings. The number of hydrogen-bond donors (Lipinski definition) is 2. The van der Waals surface area contributed by atoms with E-state index in [-0.39, 0.29) is 42.7 Å². The van der Waals surface area contributed by atoms with E-state index in [1.165, 1.54) is 51.4 Å². The third-order valence-electron chi connectivity index (χ3n) is 12.5. The summed E-state index contributed by atoms with van der Waals surface area (Å²) in [5.74, 6) is 2.08. The van der Waals surface area contributed by atoms with Gasteiger partial charge in [-0.3, -0.25) is 15.3 Å². The molecule has 1 unspecified atom stereocenters. The number of alkyl halides is 6. The van der Waals surface area contributed by atoms with E-state index in [2.05, 4.69) is 26.6 Å². The molecule has 3 heterocycles. The predicted molar refractivity (Wildman–Crippen MR) is 189 cm³/mol. The summed E-state index contributed by atoms with van der Waals surface area (Å²) in [6.07, 6.45) is 6.19. The topological polar surface area (TPSA) is 75.2 Å². The normalized spacial score (nSPS) is 26.8. The summed E-state index contributed by atoms with van der Waals surface area (Å²) in [6, 6.07) is 2.60. The average Bonchev–Trinajstić information content (AvgIpc) is 3.76. The van der Waals surface area contributed by atoms with Crippen molar-refractivity contribution >= 4 is 11.9 Å². The van der Waals surface area contributed by atoms with Gasteiger partial charge in [-0.2, -0.15) is 26.3 Å². The standard InChI is InChI=1S/C38H57F6N7/c1-26-22-47-35(45)50(26)24-32-13-8-15-48(32)23-33(19-27-9-4-2-5-10-27)51-25-34(20-28-11-6-3-7-12-28)49(36(51)46)16-14-29-17-30(37(39,40)41)21-31(18-29)38(42,43)44/h17-18,21,26-28,32-34,46H,2-16,19-20,22-25H2,1H3,(H2,45,47)/t26-,32?,33-,34+/m0/s1. The first-order valence-corrected chi connectivity index (χ1v) is 19.5. The molecule has 0 amide bonds. The van der Waals surface area contributed by atoms with Gasteiger partial charge in [-0.15, -0.1) is 0 Å². The van der Waals surface area contributed by atoms with Gasteiger partial charge in [-0.25, -0.2) is 0 Å². The Morgan fingerprint density at radius 1 is 0.824 bits per heavy atom. The molecule has 4 fully saturated rings. The van der Waals surface area contributed by atoms with Gasteiger partial charge in [0.05, 0.1) is 17.7 Å². The third kappa shape index (κ3) is 9.46. The van der Waals surface area contributed by atoms with Gasteiger partial charge < -0.3 is 20.4 Å². The zero-order valence-electron chi connectivity index (χ0n) is 30.1. The van der Waals surface area contributed by atoms with Gasteiger partial charge in [0.25, 0.3) is 0 Å². The highest BCUT2D eigenvalue weighted by Crippen LogP contribution is 2.38. The molecule has 7 nitrogen and oxygen atoms in total. The van der Waals surface area contributed by atoms with Crippen LogP contribution in [-0.2, 0) is 18.8 Å². The number of guanidine groups is 2. The summed E-state index contributed by atoms with van der Waals surface area (Å²) in [5.41, 5.74) is 3.71. The fourth-order valence-electron chi connectivity index (χ4n) is 9.65. The Morgan fingerprint density at radius 3 is 2.04 bits per heavy atom. The smallest absolute Gasteiger partial charge is 0.370 e. The second kappa shape index (κ2) is 16.1. The second-order valence-corrected chi connectivity index (χ2v) is 16.1. The lowest BCUT2D eigenvalue weighted by Gasteiger charge is -2.39. The van der Waals surface area contributed by atoms with E-state index in [9.17, 15) is 31.8 Å². The first-order valence-electron chi connectivity index (χ1n) is 19.5. The summed E-state index contributed by atoms with van der Waals surface area (Å²) >= 11 is 0. The molecule has 2 aliphatic carbocycles. The lowest BCUT2D eigenvalue weighted by Crippen LogP contribution is -2.52. The van der Waals surface area contributed by atoms with Gasteiger partial charge in [-0.05, 0) is 81.2 Å². The molecule has 0 spiro atoms. The molecule has 1 aromatic carbocycles. The van der Waals surface area contributed by atoms with Gasteiger partial charge in [0, 0.05) is 50.3 Å². The van der Waals surface area contributed by atoms with E-state index in [1.807, 2.05) is 4.90 Å². The number of nitrogens with one attached hydrogen (secondary N) is 1. The molecule has 0 bridgehead atoms. The Morgan fingerprint density at radius 2 is 1.45 bits per heavy atom. The molecule has 3 aliphatic heterocycles. The monoisotopic (exact) mass is 725 g/mol. The van der Waals surface area contributed by atoms with E-state index >= 15 is 0 Å². The quantitative estimate of drug-likeness (QED) is 0.214. The molecule has 6 rings (SSSR count). The number of nitrogens with two attached hydrogens (primary N) is 1. The molecule has 4 atom stereocenters. The van der Waals surface area contributed by atoms with E-state index in [0.29, 0.717) is 42.9 Å². The van der Waals surface area contributed by atoms with Crippen molar-refractivity contribution in [2.75, 3.05) is 39.3 Å². The summed E-state index contributed by atoms with van der Waals surface area (Å²) in [5, 5.41) is 9.60. The predicted octanol–water partition coefficient (Wildman–Crippen LogP) is 7.98. The number of nitrogens with zero attached hydrogens (tertiary/aromatic N) is 5. The van der Waals surface area contributed by atoms with Crippen molar-refractivity contribution in [2.45, 2.75) is 140 Å². The van der Waals surface area contributed by atoms with Crippen molar-refractivity contribution in [3.8, 4) is 0 Å². The zero-order valence-corrected chi connectivity index (χ0v) is 30.1. The van der Waals surface area contributed by atoms with Crippen LogP contribution in [0.3, 0.4) is 0 Å². The van der Waals surface area contributed by atoms with Crippen LogP contribution >= 0.6 is 0 Å². The number of benzene rings is 1. The maximum Gasteiger partial charge on any atom is 0.416 e. The molecule has 13 heteroatoms. The average molecular weight is 726 g/mol. The molecule has 0 radical (unpaired) electrons. The Bertz CT molecular complexity index is 1320. The van der Waals surface area contributed by atoms with Crippen LogP contribution in [0.2, 0.25) is 0 Å². The van der Waals surface area contributed by atoms with Crippen LogP contribution in [0.25, 0.3) is 0 Å². The second-order valence-electron chi connectivity index (χ2n) is 16.1. The highest BCUT2D eigenvalue weighted by Gasteiger charge is 2.42. The molecule has 0 aromatic heterocycles. The van der Waals surface area contributed by atoms with Crippen molar-refractivity contribution in [3.63, 3.8) is 0 Å². The number of aliphatic imine (C=N–C) groups is 1. The van der Waals surface area contributed by atoms with E-state index in [4.69, 9.17) is 5.73 Å². The van der Waals surface area contributed by atoms with Gasteiger partial charge in [-0.1, -0.05) is 64.2 Å². The maximum atomic E-state index is 13.7. The Hall–Kier alpha value is -2.70. The summed E-state index contributed by atoms with van der Waals surface area (Å²) in [6.45, 7) is 6.39. The number of hydrogen-bond acceptors (Lipinski definition) is 5. The SMILES string of the molecule is C[C@H]1CN=C(N)N1CC1CCCN1C[C@H](CC1CCCCC1)N1C[C@@H](CC2CCCCC2)N(CCc2cc(C(F)(F)F)cc(C(F)(F)F)c2)C1=N. The van der Waals surface area contributed by atoms with E-state index in [0.717, 1.165) is 70.3 Å². The largest absolute Gasteiger partial charge is 0.416 e. The molecule has 3 N–H and O–H groups in total. The molecule has 5 aliphatic rings. The molecule has 286 valence electrons. The fourth-order valence-corrected chi connectivity index (χ4v) is 9.65. The Kier molecular flexibility index (Phi) is 12.0. The highest BCUT2D eigenvalue weighted by atomic mass is 19.4. The van der Waals surface area contributed by atoms with Gasteiger partial charge >= 0.3 is 12.4 Å². The number of halogens is 6. The van der Waals surface area contributed by atoms with Crippen LogP contribution in [0.1, 0.15) is 114 Å². The van der Waals surface area contributed by atoms with Crippen LogP contribution in [0, 0.1) is 17.2 Å². The fraction of sp³-hybridized carbons (Fsp3) is 0.789. The minimum absolute atomic E-state index is 0.00169. The maximum absolute atomic E-state index is 13.7. The van der Waals surface area contributed by atoms with Crippen molar-refractivity contribution in [1.29, 1.82) is 5.41 Å². The van der Waals surface area contributed by atoms with Crippen molar-refractivity contribution < 1.29 is 26.3 Å². The third-order valence-corrected chi connectivity index (χ3v) is 12.5. The summed E-state index contributed by atoms with van der Waals surface area (Å²) in [7, 11) is 0. The first kappa shape index (κ1) is 38.0. The lowest BCUT2D eigenvalue weighted by atomic mass is 9.84. The minimum Gasteiger partial charge on any atom is -0.370 e. The van der Waals surface area contributed by atoms with Crippen LogP contribution in [0.5, 0.6) is 0 Å². The van der Waals surface area contributed by atoms with Gasteiger partial charge in [0.2, 0.25) is 0 Å².